The van der Waals surface area contributed by atoms with Crippen LogP contribution in [-0.4, -0.2) is 22.0 Å². The first-order valence-electron chi connectivity index (χ1n) is 4.59. The number of amides is 1. The van der Waals surface area contributed by atoms with Crippen molar-refractivity contribution >= 4 is 23.5 Å². The molecule has 0 fully saturated rings. The Kier molecular flexibility index (Phi) is 4.25. The van der Waals surface area contributed by atoms with Crippen LogP contribution in [0.2, 0.25) is 5.15 Å². The molecule has 86 valence electrons. The second-order valence-corrected chi connectivity index (χ2v) is 3.65. The van der Waals surface area contributed by atoms with Gasteiger partial charge in [-0.15, -0.1) is 0 Å². The number of hydrogen-bond acceptors (Lipinski definition) is 3. The van der Waals surface area contributed by atoms with E-state index in [1.165, 1.54) is 19.2 Å². The van der Waals surface area contributed by atoms with Gasteiger partial charge in [0.25, 0.3) is 0 Å². The van der Waals surface area contributed by atoms with Crippen molar-refractivity contribution < 1.29 is 14.7 Å². The highest BCUT2D eigenvalue weighted by Crippen LogP contribution is 2.18. The number of carboxylic acids is 1. The van der Waals surface area contributed by atoms with Gasteiger partial charge in [-0.2, -0.15) is 0 Å². The summed E-state index contributed by atoms with van der Waals surface area (Å²) in [5.41, 5.74) is 0.623. The van der Waals surface area contributed by atoms with E-state index in [4.69, 9.17) is 16.7 Å². The summed E-state index contributed by atoms with van der Waals surface area (Å²) in [5, 5.41) is 11.5. The van der Waals surface area contributed by atoms with Crippen LogP contribution in [0.15, 0.2) is 18.3 Å². The van der Waals surface area contributed by atoms with Gasteiger partial charge in [0, 0.05) is 13.1 Å². The third-order valence-electron chi connectivity index (χ3n) is 1.91. The van der Waals surface area contributed by atoms with E-state index >= 15 is 0 Å². The molecule has 0 saturated carbocycles. The van der Waals surface area contributed by atoms with Gasteiger partial charge in [-0.1, -0.05) is 11.6 Å². The average molecular weight is 243 g/mol. The quantitative estimate of drug-likeness (QED) is 0.782. The standard InChI is InChI=1S/C10H11ClN2O3/c1-6(14)13-8(5-10(15)16)7-2-3-12-9(11)4-7/h2-4,8H,5H2,1H3,(H,13,14)(H,15,16)/t8-/m0/s1. The number of nitrogens with zero attached hydrogens (tertiary/aromatic N) is 1. The Hall–Kier alpha value is -1.62. The average Bonchev–Trinajstić information content (AvgIpc) is 2.15. The van der Waals surface area contributed by atoms with Crippen molar-refractivity contribution in [1.82, 2.24) is 10.3 Å². The maximum atomic E-state index is 10.9. The number of carbonyl (C=O) groups is 2. The third kappa shape index (κ3) is 3.86. The van der Waals surface area contributed by atoms with Gasteiger partial charge in [0.1, 0.15) is 5.15 Å². The van der Waals surface area contributed by atoms with Crippen LogP contribution in [0.5, 0.6) is 0 Å². The largest absolute Gasteiger partial charge is 0.481 e. The number of carboxylic acid groups (broad SMARTS) is 1. The van der Waals surface area contributed by atoms with Crippen molar-refractivity contribution in [2.75, 3.05) is 0 Å². The molecule has 0 radical (unpaired) electrons. The van der Waals surface area contributed by atoms with E-state index in [1.54, 1.807) is 6.07 Å². The molecule has 0 unspecified atom stereocenters. The molecule has 1 aromatic heterocycles. The van der Waals surface area contributed by atoms with Crippen molar-refractivity contribution in [3.8, 4) is 0 Å². The van der Waals surface area contributed by atoms with E-state index in [9.17, 15) is 9.59 Å². The van der Waals surface area contributed by atoms with Crippen LogP contribution >= 0.6 is 11.6 Å². The molecule has 0 bridgehead atoms. The SMILES string of the molecule is CC(=O)N[C@@H](CC(=O)O)c1ccnc(Cl)c1. The minimum absolute atomic E-state index is 0.195. The van der Waals surface area contributed by atoms with Crippen LogP contribution in [0.1, 0.15) is 24.9 Å². The summed E-state index contributed by atoms with van der Waals surface area (Å²) in [6.45, 7) is 1.33. The molecule has 1 heterocycles. The third-order valence-corrected chi connectivity index (χ3v) is 2.12. The van der Waals surface area contributed by atoms with Gasteiger partial charge in [-0.3, -0.25) is 9.59 Å². The summed E-state index contributed by atoms with van der Waals surface area (Å²) in [7, 11) is 0. The molecule has 2 N–H and O–H groups in total. The summed E-state index contributed by atoms with van der Waals surface area (Å²) >= 11 is 5.69. The van der Waals surface area contributed by atoms with E-state index in [1.807, 2.05) is 0 Å². The fourth-order valence-electron chi connectivity index (χ4n) is 1.31. The first kappa shape index (κ1) is 12.4. The molecule has 5 nitrogen and oxygen atoms in total. The molecule has 0 aliphatic heterocycles. The highest BCUT2D eigenvalue weighted by atomic mass is 35.5. The molecule has 16 heavy (non-hydrogen) atoms. The minimum atomic E-state index is -0.994. The molecule has 0 spiro atoms. The van der Waals surface area contributed by atoms with Gasteiger partial charge < -0.3 is 10.4 Å². The van der Waals surface area contributed by atoms with Gasteiger partial charge in [0.05, 0.1) is 12.5 Å². The Morgan fingerprint density at radius 1 is 1.62 bits per heavy atom. The van der Waals surface area contributed by atoms with Crippen LogP contribution in [0.3, 0.4) is 0 Å². The Bertz CT molecular complexity index is 393. The summed E-state index contributed by atoms with van der Waals surface area (Å²) in [6, 6.07) is 2.57. The number of pyridine rings is 1. The zero-order valence-electron chi connectivity index (χ0n) is 8.61. The fourth-order valence-corrected chi connectivity index (χ4v) is 1.49. The molecule has 0 aliphatic rings. The second kappa shape index (κ2) is 5.46. The van der Waals surface area contributed by atoms with Crippen LogP contribution in [0, 0.1) is 0 Å². The predicted octanol–water partition coefficient (Wildman–Crippen LogP) is 1.39. The maximum absolute atomic E-state index is 10.9. The van der Waals surface area contributed by atoms with Gasteiger partial charge in [0.15, 0.2) is 0 Å². The summed E-state index contributed by atoms with van der Waals surface area (Å²) < 4.78 is 0. The monoisotopic (exact) mass is 242 g/mol. The molecule has 6 heteroatoms. The van der Waals surface area contributed by atoms with Crippen molar-refractivity contribution in [1.29, 1.82) is 0 Å². The molecule has 1 atom stereocenters. The van der Waals surface area contributed by atoms with Crippen LogP contribution in [0.25, 0.3) is 0 Å². The molecule has 1 aromatic rings. The van der Waals surface area contributed by atoms with Crippen molar-refractivity contribution in [3.05, 3.63) is 29.0 Å². The van der Waals surface area contributed by atoms with Gasteiger partial charge >= 0.3 is 5.97 Å². The normalized spacial score (nSPS) is 11.9. The summed E-state index contributed by atoms with van der Waals surface area (Å²) in [6.07, 6.45) is 1.27. The summed E-state index contributed by atoms with van der Waals surface area (Å²) in [4.78, 5) is 25.4. The fraction of sp³-hybridized carbons (Fsp3) is 0.300. The highest BCUT2D eigenvalue weighted by Gasteiger charge is 2.16. The van der Waals surface area contributed by atoms with Gasteiger partial charge in [-0.05, 0) is 17.7 Å². The molecule has 0 aromatic carbocycles. The first-order valence-corrected chi connectivity index (χ1v) is 4.97. The Morgan fingerprint density at radius 2 is 2.31 bits per heavy atom. The lowest BCUT2D eigenvalue weighted by Crippen LogP contribution is -2.28. The number of halogens is 1. The van der Waals surface area contributed by atoms with Crippen molar-refractivity contribution in [3.63, 3.8) is 0 Å². The second-order valence-electron chi connectivity index (χ2n) is 3.26. The number of aliphatic carboxylic acids is 1. The smallest absolute Gasteiger partial charge is 0.305 e. The lowest BCUT2D eigenvalue weighted by molar-refractivity contribution is -0.137. The molecular formula is C10H11ClN2O3. The lowest BCUT2D eigenvalue weighted by Gasteiger charge is -2.16. The molecule has 1 amide bonds. The van der Waals surface area contributed by atoms with Gasteiger partial charge in [0.2, 0.25) is 5.91 Å². The number of hydrogen-bond donors (Lipinski definition) is 2. The van der Waals surface area contributed by atoms with Crippen molar-refractivity contribution in [2.24, 2.45) is 0 Å². The molecule has 0 saturated heterocycles. The molecule has 0 aliphatic carbocycles. The maximum Gasteiger partial charge on any atom is 0.305 e. The summed E-state index contributed by atoms with van der Waals surface area (Å²) in [5.74, 6) is -1.29. The van der Waals surface area contributed by atoms with E-state index in [2.05, 4.69) is 10.3 Å². The number of aromatic nitrogens is 1. The molecule has 1 rings (SSSR count). The van der Waals surface area contributed by atoms with E-state index in [0.717, 1.165) is 0 Å². The number of rotatable bonds is 4. The van der Waals surface area contributed by atoms with E-state index in [0.29, 0.717) is 5.56 Å². The zero-order valence-corrected chi connectivity index (χ0v) is 9.36. The van der Waals surface area contributed by atoms with Gasteiger partial charge in [-0.25, -0.2) is 4.98 Å². The predicted molar refractivity (Wildman–Crippen MR) is 58.1 cm³/mol. The topological polar surface area (TPSA) is 79.3 Å². The highest BCUT2D eigenvalue weighted by molar-refractivity contribution is 6.29. The Balaban J connectivity index is 2.90. The van der Waals surface area contributed by atoms with Crippen LogP contribution in [0.4, 0.5) is 0 Å². The van der Waals surface area contributed by atoms with Crippen LogP contribution in [-0.2, 0) is 9.59 Å². The van der Waals surface area contributed by atoms with Crippen LogP contribution < -0.4 is 5.32 Å². The zero-order chi connectivity index (χ0) is 12.1. The lowest BCUT2D eigenvalue weighted by atomic mass is 10.1. The Morgan fingerprint density at radius 3 is 2.81 bits per heavy atom. The first-order chi connectivity index (χ1) is 7.49. The minimum Gasteiger partial charge on any atom is -0.481 e. The molecular weight excluding hydrogens is 232 g/mol. The van der Waals surface area contributed by atoms with E-state index in [-0.39, 0.29) is 17.5 Å². The number of nitrogens with one attached hydrogen (secondary N) is 1. The van der Waals surface area contributed by atoms with E-state index < -0.39 is 12.0 Å². The Labute approximate surface area is 97.4 Å². The van der Waals surface area contributed by atoms with Crippen molar-refractivity contribution in [2.45, 2.75) is 19.4 Å². The number of carbonyl (C=O) groups excluding carboxylic acids is 1.